The van der Waals surface area contributed by atoms with Gasteiger partial charge in [-0.3, -0.25) is 4.99 Å². The smallest absolute Gasteiger partial charge is 0.0517 e. The summed E-state index contributed by atoms with van der Waals surface area (Å²) in [6, 6.07) is 0.416. The molecule has 0 saturated carbocycles. The van der Waals surface area contributed by atoms with Crippen molar-refractivity contribution in [1.29, 1.82) is 0 Å². The molecule has 2 atom stereocenters. The van der Waals surface area contributed by atoms with E-state index in [4.69, 9.17) is 11.6 Å². The van der Waals surface area contributed by atoms with Crippen LogP contribution >= 0.6 is 11.6 Å². The van der Waals surface area contributed by atoms with Gasteiger partial charge in [0.05, 0.1) is 5.38 Å². The van der Waals surface area contributed by atoms with E-state index in [1.54, 1.807) is 0 Å². The van der Waals surface area contributed by atoms with Gasteiger partial charge >= 0.3 is 0 Å². The van der Waals surface area contributed by atoms with Gasteiger partial charge in [-0.05, 0) is 33.3 Å². The second-order valence-electron chi connectivity index (χ2n) is 3.08. The maximum atomic E-state index is 5.85. The molecule has 0 aromatic carbocycles. The Kier molecular flexibility index (Phi) is 6.09. The highest BCUT2D eigenvalue weighted by Crippen LogP contribution is 2.06. The zero-order valence-electron chi connectivity index (χ0n) is 8.34. The van der Waals surface area contributed by atoms with E-state index in [9.17, 15) is 0 Å². The first kappa shape index (κ1) is 11.7. The molecule has 0 heterocycles. The summed E-state index contributed by atoms with van der Waals surface area (Å²) >= 11 is 5.85. The van der Waals surface area contributed by atoms with Crippen LogP contribution in [0.2, 0.25) is 0 Å². The number of halogens is 1. The lowest BCUT2D eigenvalue weighted by molar-refractivity contribution is 0.720. The van der Waals surface area contributed by atoms with E-state index in [2.05, 4.69) is 18.8 Å². The summed E-state index contributed by atoms with van der Waals surface area (Å²) < 4.78 is 0. The lowest BCUT2D eigenvalue weighted by Gasteiger charge is -2.01. The van der Waals surface area contributed by atoms with Crippen LogP contribution in [0.3, 0.4) is 0 Å². The molecule has 0 fully saturated rings. The Morgan fingerprint density at radius 2 is 2.08 bits per heavy atom. The zero-order chi connectivity index (χ0) is 9.56. The first-order valence-corrected chi connectivity index (χ1v) is 4.85. The van der Waals surface area contributed by atoms with Crippen LogP contribution in [0.5, 0.6) is 0 Å². The highest BCUT2D eigenvalue weighted by molar-refractivity contribution is 6.22. The number of nitrogens with zero attached hydrogens (tertiary/aromatic N) is 1. The first-order chi connectivity index (χ1) is 5.57. The van der Waals surface area contributed by atoms with E-state index in [1.807, 2.05) is 26.1 Å². The molecule has 0 amide bonds. The van der Waals surface area contributed by atoms with Gasteiger partial charge in [-0.15, -0.1) is 11.6 Å². The van der Waals surface area contributed by atoms with E-state index in [0.29, 0.717) is 6.04 Å². The Morgan fingerprint density at radius 3 is 2.50 bits per heavy atom. The second kappa shape index (κ2) is 6.24. The maximum Gasteiger partial charge on any atom is 0.0517 e. The van der Waals surface area contributed by atoms with Crippen molar-refractivity contribution in [3.05, 3.63) is 11.6 Å². The minimum atomic E-state index is 0.105. The Bertz CT molecular complexity index is 171. The number of hydrogen-bond acceptors (Lipinski definition) is 1. The third kappa shape index (κ3) is 5.36. The van der Waals surface area contributed by atoms with E-state index in [-0.39, 0.29) is 5.38 Å². The summed E-state index contributed by atoms with van der Waals surface area (Å²) in [6.07, 6.45) is 4.91. The molecule has 0 aliphatic heterocycles. The van der Waals surface area contributed by atoms with Gasteiger partial charge in [-0.2, -0.15) is 0 Å². The van der Waals surface area contributed by atoms with Crippen molar-refractivity contribution in [3.63, 3.8) is 0 Å². The molecule has 0 aliphatic rings. The van der Waals surface area contributed by atoms with Crippen molar-refractivity contribution >= 4 is 17.8 Å². The fraction of sp³-hybridized carbons (Fsp3) is 0.700. The molecule has 0 spiro atoms. The number of alkyl halides is 1. The Morgan fingerprint density at radius 1 is 1.50 bits per heavy atom. The molecule has 2 heteroatoms. The number of aliphatic imine (C=N–C) groups is 1. The lowest BCUT2D eigenvalue weighted by atomic mass is 10.2. The van der Waals surface area contributed by atoms with Gasteiger partial charge in [0.1, 0.15) is 0 Å². The zero-order valence-corrected chi connectivity index (χ0v) is 9.10. The molecule has 0 radical (unpaired) electrons. The summed E-state index contributed by atoms with van der Waals surface area (Å²) in [5.41, 5.74) is 1.16. The van der Waals surface area contributed by atoms with Crippen LogP contribution in [0, 0.1) is 0 Å². The van der Waals surface area contributed by atoms with E-state index >= 15 is 0 Å². The van der Waals surface area contributed by atoms with Gasteiger partial charge in [-0.1, -0.05) is 12.5 Å². The largest absolute Gasteiger partial charge is 0.290 e. The second-order valence-corrected chi connectivity index (χ2v) is 3.74. The summed E-state index contributed by atoms with van der Waals surface area (Å²) in [7, 11) is 0. The predicted octanol–water partition coefficient (Wildman–Crippen LogP) is 3.43. The van der Waals surface area contributed by atoms with E-state index < -0.39 is 0 Å². The van der Waals surface area contributed by atoms with Crippen molar-refractivity contribution in [2.24, 2.45) is 4.99 Å². The van der Waals surface area contributed by atoms with Gasteiger partial charge in [0, 0.05) is 12.3 Å². The summed E-state index contributed by atoms with van der Waals surface area (Å²) in [5, 5.41) is 0.105. The predicted molar refractivity (Wildman–Crippen MR) is 57.3 cm³/mol. The molecule has 0 rings (SSSR count). The van der Waals surface area contributed by atoms with Crippen LogP contribution < -0.4 is 0 Å². The van der Waals surface area contributed by atoms with Gasteiger partial charge in [0.25, 0.3) is 0 Å². The Hall–Kier alpha value is -0.300. The van der Waals surface area contributed by atoms with Crippen LogP contribution in [0.1, 0.15) is 34.1 Å². The standard InChI is InChI=1S/C10H18ClN/c1-5-9(3)12-7-6-8(2)10(4)11/h6-7,9-10H,5H2,1-4H3/b8-6-,12-7?. The van der Waals surface area contributed by atoms with Gasteiger partial charge < -0.3 is 0 Å². The van der Waals surface area contributed by atoms with Crippen molar-refractivity contribution in [3.8, 4) is 0 Å². The van der Waals surface area contributed by atoms with Gasteiger partial charge in [0.2, 0.25) is 0 Å². The molecule has 12 heavy (non-hydrogen) atoms. The quantitative estimate of drug-likeness (QED) is 0.473. The Labute approximate surface area is 80.5 Å². The average Bonchev–Trinajstić information content (AvgIpc) is 2.03. The molecular weight excluding hydrogens is 170 g/mol. The summed E-state index contributed by atoms with van der Waals surface area (Å²) in [6.45, 7) is 8.21. The molecular formula is C10H18ClN. The minimum absolute atomic E-state index is 0.105. The van der Waals surface area contributed by atoms with Crippen molar-refractivity contribution in [2.45, 2.75) is 45.5 Å². The van der Waals surface area contributed by atoms with E-state index in [1.165, 1.54) is 0 Å². The molecule has 0 saturated heterocycles. The SMILES string of the molecule is CCC(C)N=C/C=C(/C)C(C)Cl. The molecule has 0 aliphatic carbocycles. The van der Waals surface area contributed by atoms with Crippen molar-refractivity contribution in [2.75, 3.05) is 0 Å². The number of hydrogen-bond donors (Lipinski definition) is 0. The fourth-order valence-corrected chi connectivity index (χ4v) is 0.618. The van der Waals surface area contributed by atoms with Gasteiger partial charge in [-0.25, -0.2) is 0 Å². The topological polar surface area (TPSA) is 12.4 Å². The highest BCUT2D eigenvalue weighted by Gasteiger charge is 1.95. The monoisotopic (exact) mass is 187 g/mol. The summed E-state index contributed by atoms with van der Waals surface area (Å²) in [4.78, 5) is 4.30. The molecule has 1 nitrogen and oxygen atoms in total. The van der Waals surface area contributed by atoms with Gasteiger partial charge in [0.15, 0.2) is 0 Å². The Balaban J connectivity index is 3.94. The molecule has 0 N–H and O–H groups in total. The van der Waals surface area contributed by atoms with E-state index in [0.717, 1.165) is 12.0 Å². The van der Waals surface area contributed by atoms with Crippen LogP contribution in [0.15, 0.2) is 16.6 Å². The first-order valence-electron chi connectivity index (χ1n) is 4.42. The fourth-order valence-electron chi connectivity index (χ4n) is 0.546. The third-order valence-electron chi connectivity index (χ3n) is 1.90. The average molecular weight is 188 g/mol. The number of rotatable bonds is 4. The molecule has 2 unspecified atom stereocenters. The third-order valence-corrected chi connectivity index (χ3v) is 2.24. The number of allylic oxidation sites excluding steroid dienone is 2. The highest BCUT2D eigenvalue weighted by atomic mass is 35.5. The van der Waals surface area contributed by atoms with Crippen molar-refractivity contribution < 1.29 is 0 Å². The molecule has 0 aromatic heterocycles. The summed E-state index contributed by atoms with van der Waals surface area (Å²) in [5.74, 6) is 0. The molecule has 0 bridgehead atoms. The molecule has 70 valence electrons. The van der Waals surface area contributed by atoms with Crippen LogP contribution in [0.4, 0.5) is 0 Å². The maximum absolute atomic E-state index is 5.85. The molecule has 0 aromatic rings. The normalized spacial score (nSPS) is 18.2. The van der Waals surface area contributed by atoms with Crippen LogP contribution in [-0.4, -0.2) is 17.6 Å². The minimum Gasteiger partial charge on any atom is -0.290 e. The van der Waals surface area contributed by atoms with Crippen LogP contribution in [0.25, 0.3) is 0 Å². The lowest BCUT2D eigenvalue weighted by Crippen LogP contribution is -1.95. The van der Waals surface area contributed by atoms with Crippen LogP contribution in [-0.2, 0) is 0 Å². The van der Waals surface area contributed by atoms with Crippen molar-refractivity contribution in [1.82, 2.24) is 0 Å².